The highest BCUT2D eigenvalue weighted by Gasteiger charge is 2.30. The summed E-state index contributed by atoms with van der Waals surface area (Å²) in [6.45, 7) is 13.1. The fraction of sp³-hybridized carbons (Fsp3) is 0.667. The minimum atomic E-state index is -0.0581. The summed E-state index contributed by atoms with van der Waals surface area (Å²) < 4.78 is 11.6. The van der Waals surface area contributed by atoms with Crippen molar-refractivity contribution < 1.29 is 9.47 Å². The molecule has 0 saturated carbocycles. The molecule has 2 nitrogen and oxygen atoms in total. The molecular formula is C18H28O2. The van der Waals surface area contributed by atoms with Gasteiger partial charge in [-0.3, -0.25) is 0 Å². The average molecular weight is 276 g/mol. The van der Waals surface area contributed by atoms with E-state index in [1.807, 2.05) is 0 Å². The van der Waals surface area contributed by atoms with Gasteiger partial charge in [0.05, 0.1) is 12.2 Å². The Morgan fingerprint density at radius 1 is 1.00 bits per heavy atom. The first kappa shape index (κ1) is 15.5. The first-order chi connectivity index (χ1) is 9.27. The van der Waals surface area contributed by atoms with E-state index in [1.54, 1.807) is 0 Å². The standard InChI is InChI=1S/C18H28O2/c1-12(11-17-19-13(2)14(3)20-17)15-7-9-16(10-8-15)18(4,5)6/h7-10,12-14,17H,11H2,1-6H3. The average Bonchev–Trinajstić information content (AvgIpc) is 2.67. The quantitative estimate of drug-likeness (QED) is 0.801. The molecule has 2 heteroatoms. The third-order valence-corrected chi connectivity index (χ3v) is 4.29. The second-order valence-electron chi connectivity index (χ2n) is 7.12. The molecule has 1 fully saturated rings. The Bertz CT molecular complexity index is 420. The molecule has 0 amide bonds. The third kappa shape index (κ3) is 3.62. The van der Waals surface area contributed by atoms with Gasteiger partial charge >= 0.3 is 0 Å². The van der Waals surface area contributed by atoms with Gasteiger partial charge in [0.25, 0.3) is 0 Å². The van der Waals surface area contributed by atoms with Crippen molar-refractivity contribution in [2.45, 2.75) is 77.8 Å². The van der Waals surface area contributed by atoms with E-state index in [4.69, 9.17) is 9.47 Å². The molecule has 3 atom stereocenters. The summed E-state index contributed by atoms with van der Waals surface area (Å²) in [7, 11) is 0. The van der Waals surface area contributed by atoms with Gasteiger partial charge in [-0.2, -0.15) is 0 Å². The van der Waals surface area contributed by atoms with E-state index >= 15 is 0 Å². The van der Waals surface area contributed by atoms with Crippen molar-refractivity contribution in [3.05, 3.63) is 35.4 Å². The van der Waals surface area contributed by atoms with Gasteiger partial charge in [-0.15, -0.1) is 0 Å². The summed E-state index contributed by atoms with van der Waals surface area (Å²) >= 11 is 0. The third-order valence-electron chi connectivity index (χ3n) is 4.29. The van der Waals surface area contributed by atoms with Gasteiger partial charge in [-0.05, 0) is 36.3 Å². The van der Waals surface area contributed by atoms with Crippen LogP contribution in [0.2, 0.25) is 0 Å². The summed E-state index contributed by atoms with van der Waals surface area (Å²) in [6.07, 6.45) is 1.27. The van der Waals surface area contributed by atoms with Crippen molar-refractivity contribution in [1.82, 2.24) is 0 Å². The molecule has 112 valence electrons. The summed E-state index contributed by atoms with van der Waals surface area (Å²) in [6, 6.07) is 8.97. The van der Waals surface area contributed by atoms with Crippen molar-refractivity contribution in [1.29, 1.82) is 0 Å². The lowest BCUT2D eigenvalue weighted by molar-refractivity contribution is -0.0700. The Morgan fingerprint density at radius 3 is 1.95 bits per heavy atom. The van der Waals surface area contributed by atoms with Crippen molar-refractivity contribution >= 4 is 0 Å². The van der Waals surface area contributed by atoms with Gasteiger partial charge in [0.2, 0.25) is 0 Å². The van der Waals surface area contributed by atoms with Crippen LogP contribution in [0.4, 0.5) is 0 Å². The Morgan fingerprint density at radius 2 is 1.50 bits per heavy atom. The maximum Gasteiger partial charge on any atom is 0.159 e. The summed E-state index contributed by atoms with van der Waals surface area (Å²) in [5.41, 5.74) is 2.95. The SMILES string of the molecule is CC(CC1OC(C)C(C)O1)c1ccc(C(C)(C)C)cc1. The molecule has 2 rings (SSSR count). The minimum Gasteiger partial charge on any atom is -0.347 e. The van der Waals surface area contributed by atoms with Crippen LogP contribution in [-0.2, 0) is 14.9 Å². The molecule has 0 aliphatic carbocycles. The molecule has 0 spiro atoms. The van der Waals surface area contributed by atoms with Crippen LogP contribution < -0.4 is 0 Å². The maximum atomic E-state index is 5.82. The number of hydrogen-bond donors (Lipinski definition) is 0. The Labute approximate surface area is 123 Å². The zero-order chi connectivity index (χ0) is 14.9. The van der Waals surface area contributed by atoms with Crippen LogP contribution in [0.3, 0.4) is 0 Å². The van der Waals surface area contributed by atoms with Gasteiger partial charge < -0.3 is 9.47 Å². The van der Waals surface area contributed by atoms with Crippen molar-refractivity contribution in [3.8, 4) is 0 Å². The molecule has 0 radical (unpaired) electrons. The van der Waals surface area contributed by atoms with Gasteiger partial charge in [-0.1, -0.05) is 52.0 Å². The van der Waals surface area contributed by atoms with E-state index in [2.05, 4.69) is 65.8 Å². The molecule has 1 aromatic carbocycles. The molecule has 3 unspecified atom stereocenters. The van der Waals surface area contributed by atoms with E-state index in [-0.39, 0.29) is 23.9 Å². The fourth-order valence-electron chi connectivity index (χ4n) is 2.58. The highest BCUT2D eigenvalue weighted by molar-refractivity contribution is 5.29. The van der Waals surface area contributed by atoms with E-state index in [1.165, 1.54) is 11.1 Å². The maximum absolute atomic E-state index is 5.82. The van der Waals surface area contributed by atoms with Crippen LogP contribution in [0, 0.1) is 0 Å². The molecular weight excluding hydrogens is 248 g/mol. The summed E-state index contributed by atoms with van der Waals surface area (Å²) in [4.78, 5) is 0. The van der Waals surface area contributed by atoms with Crippen LogP contribution in [-0.4, -0.2) is 18.5 Å². The largest absolute Gasteiger partial charge is 0.347 e. The molecule has 1 aliphatic heterocycles. The Hall–Kier alpha value is -0.860. The highest BCUT2D eigenvalue weighted by atomic mass is 16.7. The van der Waals surface area contributed by atoms with Crippen molar-refractivity contribution in [2.24, 2.45) is 0 Å². The fourth-order valence-corrected chi connectivity index (χ4v) is 2.58. The topological polar surface area (TPSA) is 18.5 Å². The van der Waals surface area contributed by atoms with E-state index in [0.29, 0.717) is 5.92 Å². The number of benzene rings is 1. The van der Waals surface area contributed by atoms with Crippen LogP contribution in [0.1, 0.15) is 65.0 Å². The zero-order valence-corrected chi connectivity index (χ0v) is 13.6. The monoisotopic (exact) mass is 276 g/mol. The van der Waals surface area contributed by atoms with Gasteiger partial charge in [0.15, 0.2) is 6.29 Å². The number of ether oxygens (including phenoxy) is 2. The van der Waals surface area contributed by atoms with E-state index < -0.39 is 0 Å². The lowest BCUT2D eigenvalue weighted by atomic mass is 9.85. The van der Waals surface area contributed by atoms with Gasteiger partial charge in [-0.25, -0.2) is 0 Å². The lowest BCUT2D eigenvalue weighted by Crippen LogP contribution is -2.14. The second-order valence-corrected chi connectivity index (χ2v) is 7.12. The lowest BCUT2D eigenvalue weighted by Gasteiger charge is -2.21. The first-order valence-electron chi connectivity index (χ1n) is 7.68. The number of hydrogen-bond acceptors (Lipinski definition) is 2. The van der Waals surface area contributed by atoms with Crippen LogP contribution in [0.15, 0.2) is 24.3 Å². The van der Waals surface area contributed by atoms with Crippen LogP contribution in [0.25, 0.3) is 0 Å². The predicted molar refractivity (Wildman–Crippen MR) is 83.1 cm³/mol. The summed E-state index contributed by atoms with van der Waals surface area (Å²) in [5, 5.41) is 0. The molecule has 1 aliphatic rings. The molecule has 20 heavy (non-hydrogen) atoms. The highest BCUT2D eigenvalue weighted by Crippen LogP contribution is 2.30. The van der Waals surface area contributed by atoms with Crippen molar-refractivity contribution in [2.75, 3.05) is 0 Å². The zero-order valence-electron chi connectivity index (χ0n) is 13.6. The van der Waals surface area contributed by atoms with Gasteiger partial charge in [0.1, 0.15) is 0 Å². The predicted octanol–water partition coefficient (Wildman–Crippen LogP) is 4.63. The Balaban J connectivity index is 1.98. The van der Waals surface area contributed by atoms with Gasteiger partial charge in [0, 0.05) is 6.42 Å². The molecule has 0 aromatic heterocycles. The Kier molecular flexibility index (Phi) is 4.55. The molecule has 1 saturated heterocycles. The molecule has 1 heterocycles. The second kappa shape index (κ2) is 5.87. The minimum absolute atomic E-state index is 0.0581. The molecule has 0 N–H and O–H groups in total. The smallest absolute Gasteiger partial charge is 0.159 e. The summed E-state index contributed by atoms with van der Waals surface area (Å²) in [5.74, 6) is 0.450. The molecule has 0 bridgehead atoms. The number of rotatable bonds is 3. The normalized spacial score (nSPS) is 28.6. The van der Waals surface area contributed by atoms with Crippen LogP contribution >= 0.6 is 0 Å². The van der Waals surface area contributed by atoms with Crippen molar-refractivity contribution in [3.63, 3.8) is 0 Å². The van der Waals surface area contributed by atoms with Crippen LogP contribution in [0.5, 0.6) is 0 Å². The first-order valence-corrected chi connectivity index (χ1v) is 7.68. The molecule has 1 aromatic rings. The van der Waals surface area contributed by atoms with E-state index in [9.17, 15) is 0 Å². The van der Waals surface area contributed by atoms with E-state index in [0.717, 1.165) is 6.42 Å².